The molecule has 7 heteroatoms. The SMILES string of the molecule is CCSCCOC(=O)C1=C(C)NC2=C(C(=O)CCC2)C1c1cc(Br)ccc1OC. The van der Waals surface area contributed by atoms with Gasteiger partial charge >= 0.3 is 5.97 Å². The van der Waals surface area contributed by atoms with Crippen molar-refractivity contribution in [2.75, 3.05) is 25.2 Å². The summed E-state index contributed by atoms with van der Waals surface area (Å²) in [5.41, 5.74) is 3.58. The highest BCUT2D eigenvalue weighted by molar-refractivity contribution is 9.10. The van der Waals surface area contributed by atoms with Crippen molar-refractivity contribution in [3.8, 4) is 5.75 Å². The van der Waals surface area contributed by atoms with Crippen molar-refractivity contribution in [2.24, 2.45) is 0 Å². The number of dihydropyridines is 1. The van der Waals surface area contributed by atoms with Crippen LogP contribution < -0.4 is 10.1 Å². The Kier molecular flexibility index (Phi) is 7.46. The van der Waals surface area contributed by atoms with Gasteiger partial charge in [0.05, 0.1) is 18.6 Å². The van der Waals surface area contributed by atoms with Gasteiger partial charge in [0, 0.05) is 39.2 Å². The second-order valence-electron chi connectivity index (χ2n) is 6.98. The molecule has 0 saturated heterocycles. The molecule has 0 fully saturated rings. The molecule has 1 aromatic carbocycles. The zero-order valence-corrected chi connectivity index (χ0v) is 19.4. The Morgan fingerprint density at radius 3 is 2.86 bits per heavy atom. The van der Waals surface area contributed by atoms with Gasteiger partial charge in [-0.25, -0.2) is 4.79 Å². The summed E-state index contributed by atoms with van der Waals surface area (Å²) < 4.78 is 12.0. The average Bonchev–Trinajstić information content (AvgIpc) is 2.70. The zero-order valence-electron chi connectivity index (χ0n) is 17.0. The number of hydrogen-bond acceptors (Lipinski definition) is 6. The van der Waals surface area contributed by atoms with Crippen molar-refractivity contribution < 1.29 is 19.1 Å². The Balaban J connectivity index is 2.07. The zero-order chi connectivity index (χ0) is 21.0. The van der Waals surface area contributed by atoms with Gasteiger partial charge in [0.2, 0.25) is 0 Å². The molecule has 2 aliphatic rings. The fourth-order valence-corrected chi connectivity index (χ4v) is 4.78. The monoisotopic (exact) mass is 479 g/mol. The van der Waals surface area contributed by atoms with Crippen LogP contribution in [-0.4, -0.2) is 37.0 Å². The number of thioether (sulfide) groups is 1. The third kappa shape index (κ3) is 4.72. The van der Waals surface area contributed by atoms with E-state index in [4.69, 9.17) is 9.47 Å². The number of benzene rings is 1. The van der Waals surface area contributed by atoms with E-state index in [0.717, 1.165) is 45.8 Å². The minimum atomic E-state index is -0.502. The molecule has 1 aliphatic carbocycles. The van der Waals surface area contributed by atoms with Crippen molar-refractivity contribution in [1.82, 2.24) is 5.32 Å². The van der Waals surface area contributed by atoms with Crippen LogP contribution >= 0.6 is 27.7 Å². The molecule has 0 bridgehead atoms. The van der Waals surface area contributed by atoms with Crippen LogP contribution in [0.15, 0.2) is 45.2 Å². The van der Waals surface area contributed by atoms with Crippen molar-refractivity contribution in [1.29, 1.82) is 0 Å². The Morgan fingerprint density at radius 2 is 2.14 bits per heavy atom. The van der Waals surface area contributed by atoms with Gasteiger partial charge in [-0.05, 0) is 43.7 Å². The lowest BCUT2D eigenvalue weighted by atomic mass is 9.75. The maximum Gasteiger partial charge on any atom is 0.336 e. The minimum Gasteiger partial charge on any atom is -0.496 e. The predicted molar refractivity (Wildman–Crippen MR) is 119 cm³/mol. The summed E-state index contributed by atoms with van der Waals surface area (Å²) in [5.74, 6) is 1.56. The molecule has 0 radical (unpaired) electrons. The number of halogens is 1. The smallest absolute Gasteiger partial charge is 0.336 e. The van der Waals surface area contributed by atoms with E-state index in [1.165, 1.54) is 0 Å². The van der Waals surface area contributed by atoms with Gasteiger partial charge in [0.15, 0.2) is 5.78 Å². The van der Waals surface area contributed by atoms with E-state index in [1.807, 2.05) is 25.1 Å². The van der Waals surface area contributed by atoms with E-state index < -0.39 is 5.92 Å². The molecule has 1 unspecified atom stereocenters. The summed E-state index contributed by atoms with van der Waals surface area (Å²) in [4.78, 5) is 26.0. The fourth-order valence-electron chi connectivity index (χ4n) is 3.91. The van der Waals surface area contributed by atoms with Crippen molar-refractivity contribution >= 4 is 39.4 Å². The molecule has 1 atom stereocenters. The molecule has 1 N–H and O–H groups in total. The van der Waals surface area contributed by atoms with Gasteiger partial charge in [-0.3, -0.25) is 4.79 Å². The van der Waals surface area contributed by atoms with E-state index in [9.17, 15) is 9.59 Å². The van der Waals surface area contributed by atoms with Crippen LogP contribution in [0.5, 0.6) is 5.75 Å². The van der Waals surface area contributed by atoms with Crippen LogP contribution in [0.3, 0.4) is 0 Å². The van der Waals surface area contributed by atoms with Gasteiger partial charge in [-0.2, -0.15) is 11.8 Å². The number of Topliss-reactive ketones (excluding diaryl/α,β-unsaturated/α-hetero) is 1. The number of nitrogens with one attached hydrogen (secondary N) is 1. The molecule has 1 aliphatic heterocycles. The summed E-state index contributed by atoms with van der Waals surface area (Å²) >= 11 is 5.24. The highest BCUT2D eigenvalue weighted by Crippen LogP contribution is 2.45. The first-order valence-corrected chi connectivity index (χ1v) is 11.7. The van der Waals surface area contributed by atoms with E-state index >= 15 is 0 Å². The van der Waals surface area contributed by atoms with E-state index in [0.29, 0.717) is 29.9 Å². The highest BCUT2D eigenvalue weighted by atomic mass is 79.9. The topological polar surface area (TPSA) is 64.6 Å². The highest BCUT2D eigenvalue weighted by Gasteiger charge is 2.40. The molecular weight excluding hydrogens is 454 g/mol. The molecule has 156 valence electrons. The number of ketones is 1. The molecule has 0 saturated carbocycles. The molecule has 1 heterocycles. The first kappa shape index (κ1) is 22.0. The molecule has 1 aromatic rings. The summed E-state index contributed by atoms with van der Waals surface area (Å²) in [6.45, 7) is 4.29. The van der Waals surface area contributed by atoms with Gasteiger partial charge < -0.3 is 14.8 Å². The summed E-state index contributed by atoms with van der Waals surface area (Å²) in [5, 5.41) is 3.31. The van der Waals surface area contributed by atoms with Crippen LogP contribution in [0.2, 0.25) is 0 Å². The van der Waals surface area contributed by atoms with Crippen LogP contribution in [-0.2, 0) is 14.3 Å². The quantitative estimate of drug-likeness (QED) is 0.450. The van der Waals surface area contributed by atoms with Crippen LogP contribution in [0.1, 0.15) is 44.6 Å². The Bertz CT molecular complexity index is 878. The molecule has 29 heavy (non-hydrogen) atoms. The molecule has 3 rings (SSSR count). The van der Waals surface area contributed by atoms with Crippen LogP contribution in [0.4, 0.5) is 0 Å². The Hall–Kier alpha value is -1.73. The van der Waals surface area contributed by atoms with Gasteiger partial charge in [0.25, 0.3) is 0 Å². The van der Waals surface area contributed by atoms with E-state index in [-0.39, 0.29) is 11.8 Å². The maximum atomic E-state index is 13.1. The number of hydrogen-bond donors (Lipinski definition) is 1. The molecule has 0 spiro atoms. The van der Waals surface area contributed by atoms with Crippen LogP contribution in [0.25, 0.3) is 0 Å². The van der Waals surface area contributed by atoms with Gasteiger partial charge in [0.1, 0.15) is 12.4 Å². The number of methoxy groups -OCH3 is 1. The number of esters is 1. The number of rotatable bonds is 7. The van der Waals surface area contributed by atoms with Crippen molar-refractivity contribution in [3.05, 3.63) is 50.8 Å². The summed E-state index contributed by atoms with van der Waals surface area (Å²) in [7, 11) is 1.60. The number of carbonyl (C=O) groups is 2. The first-order valence-electron chi connectivity index (χ1n) is 9.80. The van der Waals surface area contributed by atoms with E-state index in [1.54, 1.807) is 18.9 Å². The number of allylic oxidation sites excluding steroid dienone is 3. The normalized spacial score (nSPS) is 19.0. The number of carbonyl (C=O) groups excluding carboxylic acids is 2. The second kappa shape index (κ2) is 9.85. The first-order chi connectivity index (χ1) is 14.0. The maximum absolute atomic E-state index is 13.1. The second-order valence-corrected chi connectivity index (χ2v) is 9.29. The lowest BCUT2D eigenvalue weighted by Crippen LogP contribution is -2.34. The Labute approximate surface area is 184 Å². The molecule has 0 amide bonds. The number of ether oxygens (including phenoxy) is 2. The lowest BCUT2D eigenvalue weighted by Gasteiger charge is -2.34. The molecule has 5 nitrogen and oxygen atoms in total. The van der Waals surface area contributed by atoms with E-state index in [2.05, 4.69) is 28.2 Å². The summed E-state index contributed by atoms with van der Waals surface area (Å²) in [6.07, 6.45) is 2.09. The minimum absolute atomic E-state index is 0.0742. The van der Waals surface area contributed by atoms with Gasteiger partial charge in [-0.15, -0.1) is 0 Å². The standard InChI is InChI=1S/C22H26BrNO4S/c1-4-29-11-10-28-22(26)19-13(2)24-16-6-5-7-17(25)21(16)20(19)15-12-14(23)8-9-18(15)27-3/h8-9,12,20,24H,4-7,10-11H2,1-3H3. The van der Waals surface area contributed by atoms with Gasteiger partial charge in [-0.1, -0.05) is 22.9 Å². The molecular formula is C22H26BrNO4S. The lowest BCUT2D eigenvalue weighted by molar-refractivity contribution is -0.138. The third-order valence-corrected chi connectivity index (χ3v) is 6.52. The predicted octanol–water partition coefficient (Wildman–Crippen LogP) is 4.72. The van der Waals surface area contributed by atoms with Crippen molar-refractivity contribution in [2.45, 2.75) is 39.0 Å². The average molecular weight is 480 g/mol. The third-order valence-electron chi connectivity index (χ3n) is 5.16. The molecule has 0 aromatic heterocycles. The largest absolute Gasteiger partial charge is 0.496 e. The van der Waals surface area contributed by atoms with Crippen molar-refractivity contribution in [3.63, 3.8) is 0 Å². The summed E-state index contributed by atoms with van der Waals surface area (Å²) in [6, 6.07) is 5.66. The fraction of sp³-hybridized carbons (Fsp3) is 0.455. The van der Waals surface area contributed by atoms with Crippen LogP contribution in [0, 0.1) is 0 Å². The Morgan fingerprint density at radius 1 is 1.34 bits per heavy atom.